The van der Waals surface area contributed by atoms with Crippen LogP contribution in [0, 0.1) is 0 Å². The molecule has 25 heavy (non-hydrogen) atoms. The number of aryl methyl sites for hydroxylation is 1. The lowest BCUT2D eigenvalue weighted by Crippen LogP contribution is -2.13. The molecule has 0 unspecified atom stereocenters. The van der Waals surface area contributed by atoms with E-state index in [0.29, 0.717) is 33.9 Å². The Labute approximate surface area is 148 Å². The fourth-order valence-corrected chi connectivity index (χ4v) is 2.57. The second-order valence-corrected chi connectivity index (χ2v) is 5.66. The van der Waals surface area contributed by atoms with Crippen LogP contribution in [-0.2, 0) is 11.3 Å². The molecule has 0 aliphatic rings. The molecule has 0 radical (unpaired) electrons. The lowest BCUT2D eigenvalue weighted by molar-refractivity contribution is 0.0600. The number of esters is 1. The lowest BCUT2D eigenvalue weighted by atomic mass is 10.1. The molecule has 128 valence electrons. The fourth-order valence-electron chi connectivity index (χ4n) is 2.41. The van der Waals surface area contributed by atoms with Crippen LogP contribution in [0.2, 0.25) is 5.02 Å². The Kier molecular flexibility index (Phi) is 4.67. The lowest BCUT2D eigenvalue weighted by Gasteiger charge is -2.09. The molecule has 0 fully saturated rings. The highest BCUT2D eigenvalue weighted by Gasteiger charge is 2.14. The average Bonchev–Trinajstić information content (AvgIpc) is 3.05. The summed E-state index contributed by atoms with van der Waals surface area (Å²) in [7, 11) is 1.29. The molecule has 0 spiro atoms. The molecule has 0 aliphatic heterocycles. The fraction of sp³-hybridized carbons (Fsp3) is 0.176. The first-order valence-electron chi connectivity index (χ1n) is 7.56. The van der Waals surface area contributed by atoms with Crippen LogP contribution in [0.1, 0.15) is 27.6 Å². The van der Waals surface area contributed by atoms with Crippen LogP contribution in [0.25, 0.3) is 11.0 Å². The number of nitrogens with zero attached hydrogens (tertiary/aromatic N) is 3. The molecule has 1 heterocycles. The van der Waals surface area contributed by atoms with E-state index >= 15 is 0 Å². The first-order valence-corrected chi connectivity index (χ1v) is 7.93. The number of amides is 1. The highest BCUT2D eigenvalue weighted by Crippen LogP contribution is 2.24. The third-order valence-electron chi connectivity index (χ3n) is 3.71. The number of fused-ring (bicyclic) bond motifs is 1. The number of ether oxygens (including phenoxy) is 1. The Bertz CT molecular complexity index is 968. The average molecular weight is 359 g/mol. The molecular weight excluding hydrogens is 344 g/mol. The number of nitrogens with one attached hydrogen (secondary N) is 1. The summed E-state index contributed by atoms with van der Waals surface area (Å²) in [5.74, 6) is -0.873. The van der Waals surface area contributed by atoms with E-state index < -0.39 is 5.97 Å². The molecule has 8 heteroatoms. The molecule has 0 aliphatic carbocycles. The van der Waals surface area contributed by atoms with Crippen molar-refractivity contribution in [2.24, 2.45) is 0 Å². The SMILES string of the molecule is CCn1nnc2cc(C(=O)Nc3cc(C(=O)OC)ccc3Cl)ccc21. The molecule has 3 aromatic rings. The van der Waals surface area contributed by atoms with E-state index in [-0.39, 0.29) is 5.91 Å². The van der Waals surface area contributed by atoms with Crippen molar-refractivity contribution in [1.29, 1.82) is 0 Å². The Balaban J connectivity index is 1.88. The zero-order valence-corrected chi connectivity index (χ0v) is 14.4. The smallest absolute Gasteiger partial charge is 0.337 e. The number of carbonyl (C=O) groups excluding carboxylic acids is 2. The van der Waals surface area contributed by atoms with Crippen molar-refractivity contribution in [3.63, 3.8) is 0 Å². The molecule has 0 bridgehead atoms. The standard InChI is InChI=1S/C17H15ClN4O3/c1-3-22-15-7-5-10(8-14(15)20-21-22)16(23)19-13-9-11(17(24)25-2)4-6-12(13)18/h4-9H,3H2,1-2H3,(H,19,23). The van der Waals surface area contributed by atoms with Crippen molar-refractivity contribution in [1.82, 2.24) is 15.0 Å². The number of halogens is 1. The summed E-state index contributed by atoms with van der Waals surface area (Å²) in [5.41, 5.74) is 2.51. The van der Waals surface area contributed by atoms with Gasteiger partial charge in [0.25, 0.3) is 5.91 Å². The van der Waals surface area contributed by atoms with E-state index in [2.05, 4.69) is 20.4 Å². The summed E-state index contributed by atoms with van der Waals surface area (Å²) in [6.07, 6.45) is 0. The van der Waals surface area contributed by atoms with E-state index in [1.165, 1.54) is 25.3 Å². The third kappa shape index (κ3) is 3.32. The molecule has 1 amide bonds. The summed E-state index contributed by atoms with van der Waals surface area (Å²) < 4.78 is 6.41. The van der Waals surface area contributed by atoms with Crippen molar-refractivity contribution >= 4 is 40.2 Å². The Hall–Kier alpha value is -2.93. The van der Waals surface area contributed by atoms with Gasteiger partial charge in [0.2, 0.25) is 0 Å². The van der Waals surface area contributed by atoms with Gasteiger partial charge in [-0.2, -0.15) is 0 Å². The number of anilines is 1. The van der Waals surface area contributed by atoms with Crippen molar-refractivity contribution in [2.45, 2.75) is 13.5 Å². The molecule has 2 aromatic carbocycles. The van der Waals surface area contributed by atoms with E-state index in [1.54, 1.807) is 22.9 Å². The largest absolute Gasteiger partial charge is 0.465 e. The normalized spacial score (nSPS) is 10.7. The Morgan fingerprint density at radius 1 is 1.20 bits per heavy atom. The van der Waals surface area contributed by atoms with E-state index in [0.717, 1.165) is 5.52 Å². The number of hydrogen-bond acceptors (Lipinski definition) is 5. The van der Waals surface area contributed by atoms with Gasteiger partial charge in [0.05, 0.1) is 28.9 Å². The summed E-state index contributed by atoms with van der Waals surface area (Å²) in [5, 5.41) is 11.1. The second-order valence-electron chi connectivity index (χ2n) is 5.25. The van der Waals surface area contributed by atoms with Crippen LogP contribution in [0.5, 0.6) is 0 Å². The molecule has 0 atom stereocenters. The quantitative estimate of drug-likeness (QED) is 0.724. The van der Waals surface area contributed by atoms with E-state index in [4.69, 9.17) is 11.6 Å². The highest BCUT2D eigenvalue weighted by molar-refractivity contribution is 6.34. The molecule has 1 aromatic heterocycles. The van der Waals surface area contributed by atoms with Crippen LogP contribution in [-0.4, -0.2) is 34.0 Å². The van der Waals surface area contributed by atoms with Crippen molar-refractivity contribution < 1.29 is 14.3 Å². The topological polar surface area (TPSA) is 86.1 Å². The number of aromatic nitrogens is 3. The van der Waals surface area contributed by atoms with Gasteiger partial charge < -0.3 is 10.1 Å². The Morgan fingerprint density at radius 3 is 2.68 bits per heavy atom. The summed E-state index contributed by atoms with van der Waals surface area (Å²) >= 11 is 6.10. The maximum absolute atomic E-state index is 12.5. The van der Waals surface area contributed by atoms with Crippen LogP contribution in [0.3, 0.4) is 0 Å². The first-order chi connectivity index (χ1) is 12.0. The van der Waals surface area contributed by atoms with Crippen LogP contribution < -0.4 is 5.32 Å². The van der Waals surface area contributed by atoms with Crippen molar-refractivity contribution in [3.8, 4) is 0 Å². The van der Waals surface area contributed by atoms with Gasteiger partial charge >= 0.3 is 5.97 Å². The molecule has 1 N–H and O–H groups in total. The van der Waals surface area contributed by atoms with Gasteiger partial charge in [0, 0.05) is 12.1 Å². The molecule has 0 saturated heterocycles. The number of benzene rings is 2. The molecular formula is C17H15ClN4O3. The number of hydrogen-bond donors (Lipinski definition) is 1. The zero-order valence-electron chi connectivity index (χ0n) is 13.6. The number of rotatable bonds is 4. The minimum absolute atomic E-state index is 0.295. The predicted octanol–water partition coefficient (Wildman–Crippen LogP) is 3.14. The monoisotopic (exact) mass is 358 g/mol. The number of methoxy groups -OCH3 is 1. The minimum Gasteiger partial charge on any atom is -0.465 e. The molecule has 0 saturated carbocycles. The van der Waals surface area contributed by atoms with Gasteiger partial charge in [-0.1, -0.05) is 16.8 Å². The third-order valence-corrected chi connectivity index (χ3v) is 4.04. The zero-order chi connectivity index (χ0) is 18.0. The maximum atomic E-state index is 12.5. The predicted molar refractivity (Wildman–Crippen MR) is 93.9 cm³/mol. The van der Waals surface area contributed by atoms with Crippen LogP contribution in [0.15, 0.2) is 36.4 Å². The Morgan fingerprint density at radius 2 is 1.96 bits per heavy atom. The van der Waals surface area contributed by atoms with E-state index in [1.807, 2.05) is 6.92 Å². The summed E-state index contributed by atoms with van der Waals surface area (Å²) in [6, 6.07) is 9.66. The molecule has 3 rings (SSSR count). The number of carbonyl (C=O) groups is 2. The molecule has 7 nitrogen and oxygen atoms in total. The van der Waals surface area contributed by atoms with Gasteiger partial charge in [-0.3, -0.25) is 4.79 Å². The summed E-state index contributed by atoms with van der Waals surface area (Å²) in [6.45, 7) is 2.66. The second kappa shape index (κ2) is 6.90. The van der Waals surface area contributed by atoms with Gasteiger partial charge in [0.1, 0.15) is 5.52 Å². The van der Waals surface area contributed by atoms with Crippen LogP contribution in [0.4, 0.5) is 5.69 Å². The van der Waals surface area contributed by atoms with Gasteiger partial charge in [0.15, 0.2) is 0 Å². The van der Waals surface area contributed by atoms with Gasteiger partial charge in [-0.05, 0) is 43.3 Å². The van der Waals surface area contributed by atoms with Crippen molar-refractivity contribution in [3.05, 3.63) is 52.5 Å². The van der Waals surface area contributed by atoms with E-state index in [9.17, 15) is 9.59 Å². The summed E-state index contributed by atoms with van der Waals surface area (Å²) in [4.78, 5) is 24.1. The van der Waals surface area contributed by atoms with Crippen LogP contribution >= 0.6 is 11.6 Å². The van der Waals surface area contributed by atoms with Gasteiger partial charge in [-0.25, -0.2) is 9.48 Å². The maximum Gasteiger partial charge on any atom is 0.337 e. The van der Waals surface area contributed by atoms with Crippen molar-refractivity contribution in [2.75, 3.05) is 12.4 Å². The highest BCUT2D eigenvalue weighted by atomic mass is 35.5. The first kappa shape index (κ1) is 16.9. The van der Waals surface area contributed by atoms with Gasteiger partial charge in [-0.15, -0.1) is 5.10 Å². The minimum atomic E-state index is -0.509.